The molecule has 1 aromatic carbocycles. The van der Waals surface area contributed by atoms with Crippen molar-refractivity contribution in [3.63, 3.8) is 0 Å². The van der Waals surface area contributed by atoms with E-state index in [1.54, 1.807) is 7.05 Å². The molecule has 0 bridgehead atoms. The van der Waals surface area contributed by atoms with Gasteiger partial charge < -0.3 is 20.1 Å². The first-order chi connectivity index (χ1) is 12.3. The molecule has 26 heavy (non-hydrogen) atoms. The Hall–Kier alpha value is -0.510. The molecular formula is C19H32IN3O2S. The van der Waals surface area contributed by atoms with E-state index in [-0.39, 0.29) is 24.0 Å². The lowest BCUT2D eigenvalue weighted by atomic mass is 10.1. The van der Waals surface area contributed by atoms with Crippen molar-refractivity contribution in [1.29, 1.82) is 0 Å². The van der Waals surface area contributed by atoms with Crippen LogP contribution in [0.15, 0.2) is 34.2 Å². The summed E-state index contributed by atoms with van der Waals surface area (Å²) in [5, 5.41) is 6.68. The zero-order valence-electron chi connectivity index (χ0n) is 15.8. The van der Waals surface area contributed by atoms with Crippen LogP contribution in [0, 0.1) is 12.8 Å². The van der Waals surface area contributed by atoms with Crippen molar-refractivity contribution in [1.82, 2.24) is 10.6 Å². The van der Waals surface area contributed by atoms with E-state index < -0.39 is 0 Å². The fourth-order valence-corrected chi connectivity index (χ4v) is 3.31. The van der Waals surface area contributed by atoms with Crippen molar-refractivity contribution in [2.75, 3.05) is 52.3 Å². The number of guanidine groups is 1. The average Bonchev–Trinajstić information content (AvgIpc) is 3.14. The summed E-state index contributed by atoms with van der Waals surface area (Å²) < 4.78 is 11.0. The fourth-order valence-electron chi connectivity index (χ4n) is 2.54. The molecular weight excluding hydrogens is 461 g/mol. The minimum absolute atomic E-state index is 0. The molecule has 2 N–H and O–H groups in total. The predicted molar refractivity (Wildman–Crippen MR) is 121 cm³/mol. The molecule has 0 amide bonds. The van der Waals surface area contributed by atoms with Gasteiger partial charge in [-0.25, -0.2) is 0 Å². The first-order valence-electron chi connectivity index (χ1n) is 9.07. The third kappa shape index (κ3) is 9.99. The van der Waals surface area contributed by atoms with Gasteiger partial charge in [-0.1, -0.05) is 17.7 Å². The summed E-state index contributed by atoms with van der Waals surface area (Å²) in [6, 6.07) is 8.64. The van der Waals surface area contributed by atoms with Crippen molar-refractivity contribution in [3.8, 4) is 0 Å². The Kier molecular flexibility index (Phi) is 13.2. The molecule has 1 atom stereocenters. The predicted octanol–water partition coefficient (Wildman–Crippen LogP) is 3.31. The largest absolute Gasteiger partial charge is 0.381 e. The number of ether oxygens (including phenoxy) is 2. The first kappa shape index (κ1) is 23.5. The number of nitrogens with one attached hydrogen (secondary N) is 2. The Labute approximate surface area is 179 Å². The van der Waals surface area contributed by atoms with Crippen LogP contribution in [0.25, 0.3) is 0 Å². The van der Waals surface area contributed by atoms with Crippen LogP contribution in [0.5, 0.6) is 0 Å². The lowest BCUT2D eigenvalue weighted by Crippen LogP contribution is -2.39. The van der Waals surface area contributed by atoms with Crippen molar-refractivity contribution in [3.05, 3.63) is 29.8 Å². The van der Waals surface area contributed by atoms with Crippen molar-refractivity contribution >= 4 is 41.7 Å². The minimum Gasteiger partial charge on any atom is -0.381 e. The maximum absolute atomic E-state index is 5.71. The highest BCUT2D eigenvalue weighted by molar-refractivity contribution is 14.0. The van der Waals surface area contributed by atoms with E-state index in [1.807, 2.05) is 11.8 Å². The second kappa shape index (κ2) is 14.5. The van der Waals surface area contributed by atoms with Gasteiger partial charge in [0.25, 0.3) is 0 Å². The number of hydrogen-bond acceptors (Lipinski definition) is 4. The van der Waals surface area contributed by atoms with Gasteiger partial charge in [0.15, 0.2) is 5.96 Å². The molecule has 1 unspecified atom stereocenters. The number of aliphatic imine (C=N–C) groups is 1. The lowest BCUT2D eigenvalue weighted by Gasteiger charge is -2.12. The van der Waals surface area contributed by atoms with Crippen LogP contribution >= 0.6 is 35.7 Å². The summed E-state index contributed by atoms with van der Waals surface area (Å²) in [5.41, 5.74) is 1.30. The summed E-state index contributed by atoms with van der Waals surface area (Å²) in [6.07, 6.45) is 2.11. The zero-order chi connectivity index (χ0) is 17.7. The molecule has 1 saturated heterocycles. The van der Waals surface area contributed by atoms with Gasteiger partial charge in [0, 0.05) is 49.9 Å². The maximum Gasteiger partial charge on any atom is 0.191 e. The third-order valence-electron chi connectivity index (χ3n) is 4.04. The van der Waals surface area contributed by atoms with Crippen LogP contribution in [0.2, 0.25) is 0 Å². The van der Waals surface area contributed by atoms with E-state index in [0.717, 1.165) is 64.1 Å². The molecule has 1 fully saturated rings. The van der Waals surface area contributed by atoms with Gasteiger partial charge in [0.2, 0.25) is 0 Å². The molecule has 2 rings (SSSR count). The van der Waals surface area contributed by atoms with Gasteiger partial charge in [-0.05, 0) is 31.9 Å². The van der Waals surface area contributed by atoms with Crippen LogP contribution in [0.4, 0.5) is 0 Å². The van der Waals surface area contributed by atoms with Gasteiger partial charge in [0.05, 0.1) is 13.2 Å². The van der Waals surface area contributed by atoms with E-state index >= 15 is 0 Å². The van der Waals surface area contributed by atoms with Crippen molar-refractivity contribution in [2.45, 2.75) is 24.7 Å². The molecule has 1 aliphatic rings. The van der Waals surface area contributed by atoms with Crippen molar-refractivity contribution in [2.24, 2.45) is 10.9 Å². The molecule has 148 valence electrons. The molecule has 0 spiro atoms. The van der Waals surface area contributed by atoms with E-state index in [9.17, 15) is 0 Å². The van der Waals surface area contributed by atoms with Crippen LogP contribution in [0.3, 0.4) is 0 Å². The zero-order valence-corrected chi connectivity index (χ0v) is 19.0. The standard InChI is InChI=1S/C19H31N3O2S.HI/c1-16-4-6-18(7-5-16)25-13-10-22-19(20-2)21-9-3-11-23-14-17-8-12-24-15-17;/h4-7,17H,3,8-15H2,1-2H3,(H2,20,21,22);1H. The van der Waals surface area contributed by atoms with Gasteiger partial charge in [0.1, 0.15) is 0 Å². The maximum atomic E-state index is 5.71. The van der Waals surface area contributed by atoms with Gasteiger partial charge in [-0.2, -0.15) is 0 Å². The molecule has 1 aliphatic heterocycles. The number of hydrogen-bond donors (Lipinski definition) is 2. The molecule has 1 heterocycles. The number of aryl methyl sites for hydroxylation is 1. The summed E-state index contributed by atoms with van der Waals surface area (Å²) in [6.45, 7) is 7.21. The number of rotatable bonds is 10. The summed E-state index contributed by atoms with van der Waals surface area (Å²) >= 11 is 1.85. The number of benzene rings is 1. The molecule has 0 aromatic heterocycles. The SMILES string of the molecule is CN=C(NCCCOCC1CCOC1)NCCSc1ccc(C)cc1.I. The van der Waals surface area contributed by atoms with Crippen LogP contribution < -0.4 is 10.6 Å². The minimum atomic E-state index is 0. The van der Waals surface area contributed by atoms with E-state index in [4.69, 9.17) is 9.47 Å². The Morgan fingerprint density at radius 2 is 2.04 bits per heavy atom. The summed E-state index contributed by atoms with van der Waals surface area (Å²) in [7, 11) is 1.80. The second-order valence-electron chi connectivity index (χ2n) is 6.25. The van der Waals surface area contributed by atoms with Crippen molar-refractivity contribution < 1.29 is 9.47 Å². The first-order valence-corrected chi connectivity index (χ1v) is 10.1. The molecule has 0 radical (unpaired) electrons. The Balaban J connectivity index is 0.00000338. The molecule has 0 aliphatic carbocycles. The number of thioether (sulfide) groups is 1. The summed E-state index contributed by atoms with van der Waals surface area (Å²) in [5.74, 6) is 2.46. The highest BCUT2D eigenvalue weighted by atomic mass is 127. The van der Waals surface area contributed by atoms with E-state index in [1.165, 1.54) is 10.5 Å². The highest BCUT2D eigenvalue weighted by Gasteiger charge is 2.15. The van der Waals surface area contributed by atoms with Gasteiger partial charge >= 0.3 is 0 Å². The Morgan fingerprint density at radius 1 is 1.27 bits per heavy atom. The third-order valence-corrected chi connectivity index (χ3v) is 5.06. The molecule has 7 heteroatoms. The van der Waals surface area contributed by atoms with E-state index in [0.29, 0.717) is 5.92 Å². The number of halogens is 1. The fraction of sp³-hybridized carbons (Fsp3) is 0.632. The molecule has 1 aromatic rings. The molecule has 5 nitrogen and oxygen atoms in total. The smallest absolute Gasteiger partial charge is 0.191 e. The Morgan fingerprint density at radius 3 is 2.73 bits per heavy atom. The van der Waals surface area contributed by atoms with Gasteiger partial charge in [-0.3, -0.25) is 4.99 Å². The van der Waals surface area contributed by atoms with E-state index in [2.05, 4.69) is 46.8 Å². The van der Waals surface area contributed by atoms with Gasteiger partial charge in [-0.15, -0.1) is 35.7 Å². The highest BCUT2D eigenvalue weighted by Crippen LogP contribution is 2.17. The Bertz CT molecular complexity index is 508. The molecule has 0 saturated carbocycles. The topological polar surface area (TPSA) is 54.9 Å². The summed E-state index contributed by atoms with van der Waals surface area (Å²) in [4.78, 5) is 5.56. The normalized spacial score (nSPS) is 17.0. The van der Waals surface area contributed by atoms with Crippen LogP contribution in [0.1, 0.15) is 18.4 Å². The lowest BCUT2D eigenvalue weighted by molar-refractivity contribution is 0.0888. The van der Waals surface area contributed by atoms with Crippen LogP contribution in [-0.2, 0) is 9.47 Å². The number of nitrogens with zero attached hydrogens (tertiary/aromatic N) is 1. The second-order valence-corrected chi connectivity index (χ2v) is 7.41. The van der Waals surface area contributed by atoms with Crippen LogP contribution in [-0.4, -0.2) is 58.3 Å². The average molecular weight is 493 g/mol. The monoisotopic (exact) mass is 493 g/mol. The quantitative estimate of drug-likeness (QED) is 0.172.